The first kappa shape index (κ1) is 20.3. The first-order valence-corrected chi connectivity index (χ1v) is 9.97. The van der Waals surface area contributed by atoms with Crippen LogP contribution in [0.4, 0.5) is 11.5 Å². The van der Waals surface area contributed by atoms with Crippen LogP contribution in [-0.4, -0.2) is 34.0 Å². The molecular weight excluding hydrogens is 396 g/mol. The minimum absolute atomic E-state index is 0.0904. The second-order valence-corrected chi connectivity index (χ2v) is 7.22. The lowest BCUT2D eigenvalue weighted by Gasteiger charge is -2.30. The minimum atomic E-state index is -0.781. The summed E-state index contributed by atoms with van der Waals surface area (Å²) in [6, 6.07) is 14.0. The number of amides is 2. The number of hydrogen-bond donors (Lipinski definition) is 1. The number of nitrogens with one attached hydrogen (secondary N) is 1. The molecule has 1 atom stereocenters. The maximum absolute atomic E-state index is 13.1. The van der Waals surface area contributed by atoms with Crippen molar-refractivity contribution in [2.75, 3.05) is 16.8 Å². The Morgan fingerprint density at radius 1 is 1.16 bits per heavy atom. The van der Waals surface area contributed by atoms with Gasteiger partial charge in [-0.05, 0) is 48.4 Å². The van der Waals surface area contributed by atoms with E-state index in [1.165, 1.54) is 9.47 Å². The van der Waals surface area contributed by atoms with Gasteiger partial charge in [0.05, 0.1) is 5.69 Å². The molecule has 1 unspecified atom stereocenters. The number of aryl methyl sites for hydroxylation is 1. The number of pyridine rings is 2. The van der Waals surface area contributed by atoms with Crippen LogP contribution in [0.15, 0.2) is 65.7 Å². The highest BCUT2D eigenvalue weighted by atomic mass is 16.5. The average molecular weight is 418 g/mol. The number of benzene rings is 1. The SMILES string of the molecule is CCC(Oc1ccc(-c2cccn(C)c2=O)cc1)C(=O)N1CC(=O)Nc2cccnc21. The molecule has 1 aliphatic heterocycles. The van der Waals surface area contributed by atoms with Crippen molar-refractivity contribution < 1.29 is 14.3 Å². The lowest BCUT2D eigenvalue weighted by molar-refractivity contribution is -0.127. The molecule has 0 spiro atoms. The van der Waals surface area contributed by atoms with Crippen molar-refractivity contribution in [1.29, 1.82) is 0 Å². The molecule has 1 N–H and O–H groups in total. The van der Waals surface area contributed by atoms with Crippen molar-refractivity contribution in [3.05, 3.63) is 71.3 Å². The fourth-order valence-electron chi connectivity index (χ4n) is 3.48. The first-order chi connectivity index (χ1) is 15.0. The topological polar surface area (TPSA) is 93.5 Å². The maximum Gasteiger partial charge on any atom is 0.269 e. The quantitative estimate of drug-likeness (QED) is 0.687. The van der Waals surface area contributed by atoms with Gasteiger partial charge in [-0.25, -0.2) is 4.98 Å². The molecule has 1 aliphatic rings. The fourth-order valence-corrected chi connectivity index (χ4v) is 3.48. The van der Waals surface area contributed by atoms with E-state index >= 15 is 0 Å². The van der Waals surface area contributed by atoms with Gasteiger partial charge >= 0.3 is 0 Å². The number of nitrogens with zero attached hydrogens (tertiary/aromatic N) is 3. The molecule has 0 radical (unpaired) electrons. The molecule has 3 aromatic rings. The molecule has 1 aromatic carbocycles. The zero-order valence-electron chi connectivity index (χ0n) is 17.2. The van der Waals surface area contributed by atoms with Crippen molar-refractivity contribution in [2.24, 2.45) is 7.05 Å². The van der Waals surface area contributed by atoms with E-state index in [0.29, 0.717) is 29.2 Å². The van der Waals surface area contributed by atoms with Crippen LogP contribution in [0.25, 0.3) is 11.1 Å². The van der Waals surface area contributed by atoms with E-state index in [2.05, 4.69) is 10.3 Å². The Balaban J connectivity index is 1.54. The van der Waals surface area contributed by atoms with E-state index in [1.807, 2.05) is 13.0 Å². The molecule has 0 aliphatic carbocycles. The highest BCUT2D eigenvalue weighted by Gasteiger charge is 2.33. The van der Waals surface area contributed by atoms with E-state index in [1.54, 1.807) is 61.9 Å². The van der Waals surface area contributed by atoms with Crippen LogP contribution < -0.4 is 20.5 Å². The average Bonchev–Trinajstić information content (AvgIpc) is 2.78. The fraction of sp³-hybridized carbons (Fsp3) is 0.217. The normalized spacial score (nSPS) is 13.9. The molecule has 3 heterocycles. The zero-order valence-corrected chi connectivity index (χ0v) is 17.2. The third-order valence-electron chi connectivity index (χ3n) is 5.10. The molecule has 158 valence electrons. The summed E-state index contributed by atoms with van der Waals surface area (Å²) in [5, 5.41) is 2.72. The van der Waals surface area contributed by atoms with Crippen molar-refractivity contribution in [2.45, 2.75) is 19.4 Å². The number of fused-ring (bicyclic) bond motifs is 1. The molecule has 2 aromatic heterocycles. The van der Waals surface area contributed by atoms with Gasteiger partial charge in [-0.3, -0.25) is 19.3 Å². The third kappa shape index (κ3) is 4.05. The highest BCUT2D eigenvalue weighted by Crippen LogP contribution is 2.28. The van der Waals surface area contributed by atoms with Gasteiger partial charge in [0.15, 0.2) is 11.9 Å². The number of hydrogen-bond acceptors (Lipinski definition) is 5. The highest BCUT2D eigenvalue weighted by molar-refractivity contribution is 6.10. The lowest BCUT2D eigenvalue weighted by Crippen LogP contribution is -2.48. The summed E-state index contributed by atoms with van der Waals surface area (Å²) in [6.45, 7) is 1.73. The number of carbonyl (C=O) groups excluding carboxylic acids is 2. The number of ether oxygens (including phenoxy) is 1. The monoisotopic (exact) mass is 418 g/mol. The molecule has 0 fully saturated rings. The van der Waals surface area contributed by atoms with Crippen LogP contribution >= 0.6 is 0 Å². The molecule has 8 heteroatoms. The predicted octanol–water partition coefficient (Wildman–Crippen LogP) is 2.59. The van der Waals surface area contributed by atoms with Crippen molar-refractivity contribution in [3.8, 4) is 16.9 Å². The van der Waals surface area contributed by atoms with E-state index in [0.717, 1.165) is 5.56 Å². The van der Waals surface area contributed by atoms with Crippen LogP contribution in [-0.2, 0) is 16.6 Å². The van der Waals surface area contributed by atoms with Gasteiger partial charge in [0.1, 0.15) is 12.3 Å². The number of anilines is 2. The number of rotatable bonds is 5. The second-order valence-electron chi connectivity index (χ2n) is 7.22. The van der Waals surface area contributed by atoms with Crippen molar-refractivity contribution >= 4 is 23.3 Å². The Kier molecular flexibility index (Phi) is 5.53. The third-order valence-corrected chi connectivity index (χ3v) is 5.10. The molecule has 0 bridgehead atoms. The summed E-state index contributed by atoms with van der Waals surface area (Å²) >= 11 is 0. The number of carbonyl (C=O) groups is 2. The zero-order chi connectivity index (χ0) is 22.0. The van der Waals surface area contributed by atoms with E-state index in [9.17, 15) is 14.4 Å². The standard InChI is InChI=1S/C23H22N4O4/c1-3-19(23(30)27-14-20(28)25-18-7-4-12-24-21(18)27)31-16-10-8-15(9-11-16)17-6-5-13-26(2)22(17)29/h4-13,19H,3,14H2,1-2H3,(H,25,28). The summed E-state index contributed by atoms with van der Waals surface area (Å²) in [6.07, 6.45) is 2.91. The van der Waals surface area contributed by atoms with E-state index in [-0.39, 0.29) is 23.9 Å². The summed E-state index contributed by atoms with van der Waals surface area (Å²) in [5.74, 6) is 0.291. The van der Waals surface area contributed by atoms with Gasteiger partial charge in [-0.15, -0.1) is 0 Å². The van der Waals surface area contributed by atoms with Gasteiger partial charge in [-0.2, -0.15) is 0 Å². The Bertz CT molecular complexity index is 1190. The van der Waals surface area contributed by atoms with Crippen LogP contribution in [0, 0.1) is 0 Å². The summed E-state index contributed by atoms with van der Waals surface area (Å²) in [4.78, 5) is 43.1. The Hall–Kier alpha value is -3.94. The largest absolute Gasteiger partial charge is 0.481 e. The molecule has 2 amide bonds. The summed E-state index contributed by atoms with van der Waals surface area (Å²) in [7, 11) is 1.70. The number of aromatic nitrogens is 2. The molecule has 0 saturated heterocycles. The van der Waals surface area contributed by atoms with Gasteiger partial charge in [0.25, 0.3) is 11.5 Å². The Morgan fingerprint density at radius 3 is 2.68 bits per heavy atom. The van der Waals surface area contributed by atoms with E-state index in [4.69, 9.17) is 4.74 Å². The summed E-state index contributed by atoms with van der Waals surface area (Å²) in [5.41, 5.74) is 1.75. The van der Waals surface area contributed by atoms with Gasteiger partial charge in [-0.1, -0.05) is 19.1 Å². The van der Waals surface area contributed by atoms with Gasteiger partial charge < -0.3 is 14.6 Å². The van der Waals surface area contributed by atoms with E-state index < -0.39 is 6.10 Å². The molecule has 8 nitrogen and oxygen atoms in total. The summed E-state index contributed by atoms with van der Waals surface area (Å²) < 4.78 is 7.46. The first-order valence-electron chi connectivity index (χ1n) is 9.97. The Labute approximate surface area is 179 Å². The smallest absolute Gasteiger partial charge is 0.269 e. The minimum Gasteiger partial charge on any atom is -0.481 e. The maximum atomic E-state index is 13.1. The van der Waals surface area contributed by atoms with Gasteiger partial charge in [0, 0.05) is 25.0 Å². The second kappa shape index (κ2) is 8.43. The molecule has 0 saturated carbocycles. The van der Waals surface area contributed by atoms with Gasteiger partial charge in [0.2, 0.25) is 5.91 Å². The van der Waals surface area contributed by atoms with Crippen LogP contribution in [0.3, 0.4) is 0 Å². The lowest BCUT2D eigenvalue weighted by atomic mass is 10.1. The Morgan fingerprint density at radius 2 is 1.94 bits per heavy atom. The van der Waals surface area contributed by atoms with Crippen molar-refractivity contribution in [1.82, 2.24) is 9.55 Å². The van der Waals surface area contributed by atoms with Crippen LogP contribution in [0.2, 0.25) is 0 Å². The van der Waals surface area contributed by atoms with Crippen molar-refractivity contribution in [3.63, 3.8) is 0 Å². The molecular formula is C23H22N4O4. The molecule has 31 heavy (non-hydrogen) atoms. The molecule has 4 rings (SSSR count). The predicted molar refractivity (Wildman–Crippen MR) is 117 cm³/mol. The van der Waals surface area contributed by atoms with Crippen LogP contribution in [0.1, 0.15) is 13.3 Å². The van der Waals surface area contributed by atoms with Crippen LogP contribution in [0.5, 0.6) is 5.75 Å².